The molecule has 0 fully saturated rings. The van der Waals surface area contributed by atoms with Gasteiger partial charge in [0.15, 0.2) is 0 Å². The zero-order valence-electron chi connectivity index (χ0n) is 8.59. The van der Waals surface area contributed by atoms with Crippen molar-refractivity contribution in [3.05, 3.63) is 48.0 Å². The average molecular weight is 272 g/mol. The number of benzene rings is 1. The van der Waals surface area contributed by atoms with Gasteiger partial charge in [-0.15, -0.1) is 12.0 Å². The molecule has 0 spiro atoms. The molecule has 1 atom stereocenters. The third kappa shape index (κ3) is 1.56. The summed E-state index contributed by atoms with van der Waals surface area (Å²) in [4.78, 5) is 6.68. The summed E-state index contributed by atoms with van der Waals surface area (Å²) in [6.45, 7) is 2.15. The van der Waals surface area contributed by atoms with Crippen LogP contribution in [0.15, 0.2) is 41.5 Å². The van der Waals surface area contributed by atoms with Gasteiger partial charge in [0.25, 0.3) is 0 Å². The molecule has 0 saturated carbocycles. The number of aliphatic imine (C=N–C) groups is 1. The van der Waals surface area contributed by atoms with E-state index in [0.717, 1.165) is 0 Å². The second kappa shape index (κ2) is 4.11. The Morgan fingerprint density at radius 2 is 2.13 bits per heavy atom. The molecule has 2 nitrogen and oxygen atoms in total. The van der Waals surface area contributed by atoms with Crippen LogP contribution >= 0.6 is 0 Å². The number of hydrogen-bond donors (Lipinski definition) is 0. The van der Waals surface area contributed by atoms with Crippen LogP contribution in [0.1, 0.15) is 12.5 Å². The molecule has 0 bridgehead atoms. The first kappa shape index (κ1) is 10.9. The van der Waals surface area contributed by atoms with Crippen LogP contribution in [0.3, 0.4) is 0 Å². The van der Waals surface area contributed by atoms with E-state index in [0.29, 0.717) is 0 Å². The van der Waals surface area contributed by atoms with E-state index in [4.69, 9.17) is 0 Å². The number of allylic oxidation sites excluding steroid dienone is 1. The van der Waals surface area contributed by atoms with E-state index in [1.807, 2.05) is 12.3 Å². The second-order valence-corrected chi connectivity index (χ2v) is 3.62. The van der Waals surface area contributed by atoms with Gasteiger partial charge in [0.2, 0.25) is 0 Å². The maximum atomic E-state index is 4.46. The van der Waals surface area contributed by atoms with E-state index in [1.54, 1.807) is 0 Å². The Hall–Kier alpha value is -0.596. The van der Waals surface area contributed by atoms with Crippen LogP contribution in [-0.4, -0.2) is 12.4 Å². The Balaban J connectivity index is 0.000000853. The Labute approximate surface area is 115 Å². The van der Waals surface area contributed by atoms with Gasteiger partial charge in [-0.25, -0.2) is 0 Å². The van der Waals surface area contributed by atoms with Crippen molar-refractivity contribution < 1.29 is 32.7 Å². The summed E-state index contributed by atoms with van der Waals surface area (Å²) < 4.78 is 0. The smallest absolute Gasteiger partial charge is 0.0919 e. The molecule has 2 heterocycles. The van der Waals surface area contributed by atoms with Gasteiger partial charge >= 0.3 is 0 Å². The molecular weight excluding hydrogens is 261 g/mol. The molecule has 3 rings (SSSR count). The van der Waals surface area contributed by atoms with Crippen molar-refractivity contribution in [1.82, 2.24) is 0 Å². The van der Waals surface area contributed by atoms with Gasteiger partial charge in [0, 0.05) is 38.9 Å². The predicted octanol–water partition coefficient (Wildman–Crippen LogP) is 2.37. The van der Waals surface area contributed by atoms with Crippen LogP contribution in [0.5, 0.6) is 0 Å². The maximum Gasteiger partial charge on any atom is 0.0919 e. The summed E-state index contributed by atoms with van der Waals surface area (Å²) in [5, 5.41) is 0. The third-order valence-corrected chi connectivity index (χ3v) is 2.82. The molecule has 1 aromatic rings. The number of nitrogens with zero attached hydrogens (tertiary/aromatic N) is 2. The molecule has 0 aliphatic carbocycles. The summed E-state index contributed by atoms with van der Waals surface area (Å²) >= 11 is 0. The minimum Gasteiger partial charge on any atom is -0.386 e. The summed E-state index contributed by atoms with van der Waals surface area (Å²) in [6.07, 6.45) is 6.13. The van der Waals surface area contributed by atoms with Gasteiger partial charge in [0.05, 0.1) is 6.17 Å². The molecule has 0 N–H and O–H groups in total. The molecule has 1 radical (unpaired) electrons. The van der Waals surface area contributed by atoms with E-state index in [-0.39, 0.29) is 38.9 Å². The number of fused-ring (bicyclic) bond motifs is 3. The average Bonchev–Trinajstić information content (AvgIpc) is 2.55. The van der Waals surface area contributed by atoms with E-state index < -0.39 is 0 Å². The minimum atomic E-state index is 0. The first-order chi connectivity index (χ1) is 6.88. The Morgan fingerprint density at radius 3 is 3.00 bits per heavy atom. The molecule has 0 aromatic heterocycles. The molecule has 2 aliphatic heterocycles. The van der Waals surface area contributed by atoms with Gasteiger partial charge in [-0.3, -0.25) is 4.99 Å². The zero-order valence-corrected chi connectivity index (χ0v) is 11.4. The standard InChI is InChI=1S/C12H11N2.Y/c1-9-10-5-2-3-6-11(10)14-8-4-7-13-12(9)14;/h2-8,12H,1H3;/q-1;. The fraction of sp³-hybridized carbons (Fsp3) is 0.167. The molecule has 1 aromatic carbocycles. The number of anilines is 1. The summed E-state index contributed by atoms with van der Waals surface area (Å²) in [5.41, 5.74) is 2.59. The van der Waals surface area contributed by atoms with E-state index >= 15 is 0 Å². The molecule has 2 aliphatic rings. The van der Waals surface area contributed by atoms with Crippen LogP contribution in [0, 0.1) is 5.92 Å². The normalized spacial score (nSPS) is 21.0. The minimum absolute atomic E-state index is 0. The number of rotatable bonds is 0. The van der Waals surface area contributed by atoms with Crippen LogP contribution in [0.2, 0.25) is 0 Å². The van der Waals surface area contributed by atoms with Crippen molar-refractivity contribution in [2.24, 2.45) is 4.99 Å². The largest absolute Gasteiger partial charge is 0.386 e. The van der Waals surface area contributed by atoms with Gasteiger partial charge < -0.3 is 4.90 Å². The van der Waals surface area contributed by atoms with Gasteiger partial charge in [0.1, 0.15) is 0 Å². The van der Waals surface area contributed by atoms with Gasteiger partial charge in [-0.1, -0.05) is 24.7 Å². The van der Waals surface area contributed by atoms with Crippen molar-refractivity contribution in [1.29, 1.82) is 0 Å². The first-order valence-electron chi connectivity index (χ1n) is 4.79. The van der Waals surface area contributed by atoms with Crippen molar-refractivity contribution in [3.63, 3.8) is 0 Å². The quantitative estimate of drug-likeness (QED) is 0.662. The summed E-state index contributed by atoms with van der Waals surface area (Å²) in [6, 6.07) is 8.45. The summed E-state index contributed by atoms with van der Waals surface area (Å²) in [5.74, 6) is 1.33. The van der Waals surface area contributed by atoms with Crippen molar-refractivity contribution in [3.8, 4) is 0 Å². The molecule has 73 valence electrons. The van der Waals surface area contributed by atoms with E-state index in [9.17, 15) is 0 Å². The van der Waals surface area contributed by atoms with Crippen LogP contribution in [-0.2, 0) is 32.7 Å². The van der Waals surface area contributed by atoms with Crippen molar-refractivity contribution in [2.75, 3.05) is 4.90 Å². The van der Waals surface area contributed by atoms with Crippen LogP contribution in [0.25, 0.3) is 0 Å². The molecule has 0 saturated heterocycles. The number of hydrogen-bond acceptors (Lipinski definition) is 2. The fourth-order valence-corrected chi connectivity index (χ4v) is 2.12. The number of para-hydroxylation sites is 1. The van der Waals surface area contributed by atoms with Gasteiger partial charge in [-0.2, -0.15) is 11.6 Å². The Kier molecular flexibility index (Phi) is 2.99. The van der Waals surface area contributed by atoms with E-state index in [2.05, 4.69) is 47.3 Å². The van der Waals surface area contributed by atoms with Crippen LogP contribution < -0.4 is 4.90 Å². The second-order valence-electron chi connectivity index (χ2n) is 3.62. The third-order valence-electron chi connectivity index (χ3n) is 2.82. The van der Waals surface area contributed by atoms with Crippen molar-refractivity contribution >= 4 is 11.9 Å². The molecule has 3 heteroatoms. The monoisotopic (exact) mass is 272 g/mol. The van der Waals surface area contributed by atoms with Crippen LogP contribution in [0.4, 0.5) is 5.69 Å². The molecular formula is C12H11N2Y-. The first-order valence-corrected chi connectivity index (χ1v) is 4.79. The molecule has 1 unspecified atom stereocenters. The molecule has 15 heavy (non-hydrogen) atoms. The van der Waals surface area contributed by atoms with Gasteiger partial charge in [-0.05, 0) is 12.3 Å². The SMILES string of the molecule is C[C-]1c2ccccc2N2C=CC=NC12.[Y]. The van der Waals surface area contributed by atoms with E-state index in [1.165, 1.54) is 17.2 Å². The zero-order chi connectivity index (χ0) is 9.54. The van der Waals surface area contributed by atoms with Crippen molar-refractivity contribution in [2.45, 2.75) is 13.1 Å². The Morgan fingerprint density at radius 1 is 1.33 bits per heavy atom. The fourth-order valence-electron chi connectivity index (χ4n) is 2.12. The maximum absolute atomic E-state index is 4.46. The Bertz CT molecular complexity index is 425. The topological polar surface area (TPSA) is 15.6 Å². The predicted molar refractivity (Wildman–Crippen MR) is 58.4 cm³/mol. The summed E-state index contributed by atoms with van der Waals surface area (Å²) in [7, 11) is 0. The molecule has 0 amide bonds.